The first-order valence-electron chi connectivity index (χ1n) is 10.1. The number of carbonyl (C=O) groups is 1. The first kappa shape index (κ1) is 19.6. The Kier molecular flexibility index (Phi) is 4.91. The van der Waals surface area contributed by atoms with Crippen molar-refractivity contribution in [1.29, 1.82) is 0 Å². The zero-order valence-corrected chi connectivity index (χ0v) is 17.3. The number of ether oxygens (including phenoxy) is 1. The van der Waals surface area contributed by atoms with E-state index >= 15 is 0 Å². The fraction of sp³-hybridized carbons (Fsp3) is 0.130. The first-order valence-corrected chi connectivity index (χ1v) is 10.1. The number of benzene rings is 2. The van der Waals surface area contributed by atoms with E-state index in [0.29, 0.717) is 30.2 Å². The summed E-state index contributed by atoms with van der Waals surface area (Å²) in [6.45, 7) is 1.19. The van der Waals surface area contributed by atoms with Gasteiger partial charge in [-0.25, -0.2) is 14.2 Å². The monoisotopic (exact) mass is 428 g/mol. The van der Waals surface area contributed by atoms with E-state index in [1.807, 2.05) is 42.5 Å². The van der Waals surface area contributed by atoms with Gasteiger partial charge < -0.3 is 10.1 Å². The Morgan fingerprint density at radius 3 is 2.59 bits per heavy atom. The largest absolute Gasteiger partial charge is 0.494 e. The average Bonchev–Trinajstić information content (AvgIpc) is 3.49. The Labute approximate surface area is 183 Å². The molecule has 0 aliphatic carbocycles. The molecule has 9 nitrogen and oxygen atoms in total. The lowest BCUT2D eigenvalue weighted by Crippen LogP contribution is -2.27. The molecule has 0 radical (unpaired) electrons. The van der Waals surface area contributed by atoms with Gasteiger partial charge in [0.05, 0.1) is 24.7 Å². The highest BCUT2D eigenvalue weighted by Gasteiger charge is 2.22. The molecule has 2 amide bonds. The van der Waals surface area contributed by atoms with Crippen LogP contribution in [0.15, 0.2) is 77.9 Å². The molecule has 5 rings (SSSR count). The first-order chi connectivity index (χ1) is 15.7. The molecular formula is C23H20N6O3. The Morgan fingerprint density at radius 2 is 1.84 bits per heavy atom. The molecule has 1 fully saturated rings. The van der Waals surface area contributed by atoms with Crippen LogP contribution < -0.4 is 20.4 Å². The zero-order chi connectivity index (χ0) is 22.1. The third-order valence-electron chi connectivity index (χ3n) is 5.27. The van der Waals surface area contributed by atoms with Crippen LogP contribution in [-0.4, -0.2) is 45.8 Å². The number of nitrogens with one attached hydrogen (secondary N) is 1. The van der Waals surface area contributed by atoms with Crippen molar-refractivity contribution in [3.8, 4) is 28.5 Å². The summed E-state index contributed by atoms with van der Waals surface area (Å²) < 4.78 is 8.84. The molecule has 0 spiro atoms. The van der Waals surface area contributed by atoms with Gasteiger partial charge in [-0.05, 0) is 30.3 Å². The summed E-state index contributed by atoms with van der Waals surface area (Å²) >= 11 is 0. The van der Waals surface area contributed by atoms with Gasteiger partial charge >= 0.3 is 6.03 Å². The lowest BCUT2D eigenvalue weighted by Gasteiger charge is -2.18. The van der Waals surface area contributed by atoms with E-state index in [-0.39, 0.29) is 17.2 Å². The van der Waals surface area contributed by atoms with Crippen molar-refractivity contribution in [2.45, 2.75) is 0 Å². The van der Waals surface area contributed by atoms with E-state index in [1.54, 1.807) is 45.9 Å². The fourth-order valence-corrected chi connectivity index (χ4v) is 3.72. The molecule has 1 saturated heterocycles. The minimum atomic E-state index is -0.219. The number of nitrogens with zero attached hydrogens (tertiary/aromatic N) is 5. The summed E-state index contributed by atoms with van der Waals surface area (Å²) in [4.78, 5) is 26.4. The Hall–Kier alpha value is -4.40. The number of rotatable bonds is 5. The van der Waals surface area contributed by atoms with E-state index < -0.39 is 0 Å². The maximum atomic E-state index is 12.7. The fourth-order valence-electron chi connectivity index (χ4n) is 3.72. The van der Waals surface area contributed by atoms with Crippen molar-refractivity contribution in [1.82, 2.24) is 24.9 Å². The molecule has 0 saturated carbocycles. The third-order valence-corrected chi connectivity index (χ3v) is 5.27. The van der Waals surface area contributed by atoms with Crippen molar-refractivity contribution in [2.75, 3.05) is 25.1 Å². The number of hydrogen-bond acceptors (Lipinski definition) is 5. The highest BCUT2D eigenvalue weighted by atomic mass is 16.5. The number of anilines is 1. The van der Waals surface area contributed by atoms with E-state index in [2.05, 4.69) is 15.5 Å². The van der Waals surface area contributed by atoms with Crippen LogP contribution >= 0.6 is 0 Å². The molecule has 1 aliphatic rings. The van der Waals surface area contributed by atoms with Crippen LogP contribution in [-0.2, 0) is 0 Å². The van der Waals surface area contributed by atoms with Crippen LogP contribution in [0.4, 0.5) is 10.5 Å². The van der Waals surface area contributed by atoms with Crippen molar-refractivity contribution in [3.63, 3.8) is 0 Å². The number of aromatic nitrogens is 4. The average molecular weight is 428 g/mol. The molecule has 32 heavy (non-hydrogen) atoms. The maximum absolute atomic E-state index is 12.7. The number of methoxy groups -OCH3 is 1. The second-order valence-corrected chi connectivity index (χ2v) is 7.18. The predicted molar refractivity (Wildman–Crippen MR) is 120 cm³/mol. The van der Waals surface area contributed by atoms with E-state index in [0.717, 1.165) is 11.4 Å². The minimum absolute atomic E-state index is 0.141. The van der Waals surface area contributed by atoms with Crippen molar-refractivity contribution in [2.24, 2.45) is 0 Å². The lowest BCUT2D eigenvalue weighted by molar-refractivity contribution is 0.252. The Morgan fingerprint density at radius 1 is 1.00 bits per heavy atom. The van der Waals surface area contributed by atoms with Crippen LogP contribution in [0.25, 0.3) is 22.8 Å². The summed E-state index contributed by atoms with van der Waals surface area (Å²) in [6, 6.07) is 18.1. The molecule has 0 bridgehead atoms. The van der Waals surface area contributed by atoms with Gasteiger partial charge in [0.1, 0.15) is 11.4 Å². The summed E-state index contributed by atoms with van der Waals surface area (Å²) in [7, 11) is 1.56. The molecule has 0 atom stereocenters. The molecule has 1 aliphatic heterocycles. The van der Waals surface area contributed by atoms with Crippen LogP contribution in [0.1, 0.15) is 0 Å². The van der Waals surface area contributed by atoms with Gasteiger partial charge in [0, 0.05) is 37.1 Å². The summed E-state index contributed by atoms with van der Waals surface area (Å²) in [5.41, 5.74) is 2.82. The van der Waals surface area contributed by atoms with Crippen molar-refractivity contribution >= 4 is 11.7 Å². The second-order valence-electron chi connectivity index (χ2n) is 7.18. The highest BCUT2D eigenvalue weighted by Crippen LogP contribution is 2.29. The standard InChI is InChI=1S/C23H20N6O3/c1-32-21-15-17(27-14-12-24-23(27)31)7-8-18(21)28-13-10-20(30)22(26-28)19-9-11-25-29(19)16-5-3-2-4-6-16/h2-11,13,15H,12,14H2,1H3,(H,24,31). The van der Waals surface area contributed by atoms with E-state index in [4.69, 9.17) is 4.74 Å². The second kappa shape index (κ2) is 8.03. The lowest BCUT2D eigenvalue weighted by atomic mass is 10.2. The van der Waals surface area contributed by atoms with E-state index in [9.17, 15) is 9.59 Å². The normalized spacial score (nSPS) is 13.3. The topological polar surface area (TPSA) is 94.3 Å². The summed E-state index contributed by atoms with van der Waals surface area (Å²) in [5, 5.41) is 11.7. The zero-order valence-electron chi connectivity index (χ0n) is 17.3. The number of amides is 2. The van der Waals surface area contributed by atoms with Crippen LogP contribution in [0.2, 0.25) is 0 Å². The van der Waals surface area contributed by atoms with Gasteiger partial charge in [-0.2, -0.15) is 10.2 Å². The Bertz CT molecular complexity index is 1350. The minimum Gasteiger partial charge on any atom is -0.494 e. The molecule has 4 aromatic rings. The SMILES string of the molecule is COc1cc(N2CCNC2=O)ccc1-n1ccc(=O)c(-c2ccnn2-c2ccccc2)n1. The van der Waals surface area contributed by atoms with Gasteiger partial charge in [0.2, 0.25) is 5.43 Å². The molecule has 2 aromatic heterocycles. The van der Waals surface area contributed by atoms with Crippen molar-refractivity contribution in [3.05, 3.63) is 83.3 Å². The molecule has 9 heteroatoms. The number of carbonyl (C=O) groups excluding carboxylic acids is 1. The van der Waals surface area contributed by atoms with Gasteiger partial charge in [0.15, 0.2) is 5.69 Å². The number of hydrogen-bond donors (Lipinski definition) is 1. The maximum Gasteiger partial charge on any atom is 0.321 e. The van der Waals surface area contributed by atoms with Gasteiger partial charge in [-0.3, -0.25) is 9.69 Å². The van der Waals surface area contributed by atoms with E-state index in [1.165, 1.54) is 6.07 Å². The summed E-state index contributed by atoms with van der Waals surface area (Å²) in [5.74, 6) is 0.529. The molecule has 160 valence electrons. The molecular weight excluding hydrogens is 408 g/mol. The summed E-state index contributed by atoms with van der Waals surface area (Å²) in [6.07, 6.45) is 3.23. The quantitative estimate of drug-likeness (QED) is 0.527. The number of urea groups is 1. The van der Waals surface area contributed by atoms with Crippen LogP contribution in [0.3, 0.4) is 0 Å². The van der Waals surface area contributed by atoms with Crippen LogP contribution in [0, 0.1) is 0 Å². The Balaban J connectivity index is 1.58. The van der Waals surface area contributed by atoms with Crippen molar-refractivity contribution < 1.29 is 9.53 Å². The van der Waals surface area contributed by atoms with Crippen LogP contribution in [0.5, 0.6) is 5.75 Å². The van der Waals surface area contributed by atoms with Gasteiger partial charge in [-0.1, -0.05) is 18.2 Å². The molecule has 3 heterocycles. The highest BCUT2D eigenvalue weighted by molar-refractivity contribution is 5.94. The molecule has 2 aromatic carbocycles. The third kappa shape index (κ3) is 3.39. The smallest absolute Gasteiger partial charge is 0.321 e. The van der Waals surface area contributed by atoms with Gasteiger partial charge in [-0.15, -0.1) is 0 Å². The predicted octanol–water partition coefficient (Wildman–Crippen LogP) is 2.62. The number of para-hydroxylation sites is 1. The molecule has 1 N–H and O–H groups in total. The van der Waals surface area contributed by atoms with Gasteiger partial charge in [0.25, 0.3) is 0 Å². The molecule has 0 unspecified atom stereocenters.